The normalized spacial score (nSPS) is 31.1. The van der Waals surface area contributed by atoms with Crippen molar-refractivity contribution in [1.82, 2.24) is 4.90 Å². The van der Waals surface area contributed by atoms with Crippen LogP contribution in [0.5, 0.6) is 0 Å². The summed E-state index contributed by atoms with van der Waals surface area (Å²) in [5, 5.41) is 0. The number of fused-ring (bicyclic) bond motifs is 2. The van der Waals surface area contributed by atoms with Gasteiger partial charge in [0.15, 0.2) is 0 Å². The molecule has 0 saturated carbocycles. The molecule has 0 aliphatic carbocycles. The number of carbonyl (C=O) groups excluding carboxylic acids is 2. The van der Waals surface area contributed by atoms with Crippen LogP contribution in [-0.2, 0) is 14.3 Å². The van der Waals surface area contributed by atoms with E-state index in [1.165, 1.54) is 0 Å². The number of hydrogen-bond donors (Lipinski definition) is 0. The van der Waals surface area contributed by atoms with Gasteiger partial charge in [-0.1, -0.05) is 0 Å². The van der Waals surface area contributed by atoms with E-state index in [1.54, 1.807) is 0 Å². The van der Waals surface area contributed by atoms with Crippen molar-refractivity contribution in [3.05, 3.63) is 0 Å². The van der Waals surface area contributed by atoms with Gasteiger partial charge in [0, 0.05) is 37.6 Å². The number of nitrogens with zero attached hydrogens (tertiary/aromatic N) is 1. The van der Waals surface area contributed by atoms with E-state index in [9.17, 15) is 9.59 Å². The molecular formula is C19H31NO4. The van der Waals surface area contributed by atoms with Crippen molar-refractivity contribution >= 4 is 11.9 Å². The zero-order chi connectivity index (χ0) is 17.3. The first-order chi connectivity index (χ1) is 11.3. The molecular weight excluding hydrogens is 306 g/mol. The van der Waals surface area contributed by atoms with Gasteiger partial charge in [-0.2, -0.15) is 0 Å². The number of amides is 1. The molecule has 3 aliphatic heterocycles. The lowest BCUT2D eigenvalue weighted by Gasteiger charge is -2.39. The summed E-state index contributed by atoms with van der Waals surface area (Å²) in [6.45, 7) is 7.28. The molecule has 0 aromatic carbocycles. The summed E-state index contributed by atoms with van der Waals surface area (Å²) in [5.41, 5.74) is -0.466. The molecule has 24 heavy (non-hydrogen) atoms. The third-order valence-corrected chi connectivity index (χ3v) is 5.62. The number of Topliss-reactive ketones (excluding diaryl/α,β-unsaturated/α-hetero) is 1. The number of carbonyl (C=O) groups is 2. The monoisotopic (exact) mass is 337 g/mol. The van der Waals surface area contributed by atoms with Crippen LogP contribution in [0.1, 0.15) is 65.7 Å². The minimum absolute atomic E-state index is 0.129. The van der Waals surface area contributed by atoms with Crippen molar-refractivity contribution in [2.45, 2.75) is 83.4 Å². The molecule has 5 heteroatoms. The predicted octanol–water partition coefficient (Wildman–Crippen LogP) is 3.55. The van der Waals surface area contributed by atoms with Crippen molar-refractivity contribution in [1.29, 1.82) is 0 Å². The standard InChI is InChI=1S/C19H31NO4/c1-19(2,3)24-18(22)20-15-4-5-16(20)12-14(11-15)17(21)10-13-6-8-23-9-7-13/h13-16H,4-12H2,1-3H3. The van der Waals surface area contributed by atoms with Crippen LogP contribution in [0.4, 0.5) is 4.79 Å². The van der Waals surface area contributed by atoms with E-state index >= 15 is 0 Å². The van der Waals surface area contributed by atoms with Crippen LogP contribution < -0.4 is 0 Å². The maximum absolute atomic E-state index is 12.7. The fourth-order valence-electron chi connectivity index (χ4n) is 4.45. The molecule has 2 atom stereocenters. The van der Waals surface area contributed by atoms with Gasteiger partial charge >= 0.3 is 6.09 Å². The topological polar surface area (TPSA) is 55.8 Å². The zero-order valence-electron chi connectivity index (χ0n) is 15.3. The second-order valence-corrected chi connectivity index (χ2v) is 8.67. The Bertz CT molecular complexity index is 464. The number of hydrogen-bond acceptors (Lipinski definition) is 4. The highest BCUT2D eigenvalue weighted by molar-refractivity contribution is 5.82. The minimum Gasteiger partial charge on any atom is -0.444 e. The van der Waals surface area contributed by atoms with Crippen LogP contribution in [0.2, 0.25) is 0 Å². The maximum Gasteiger partial charge on any atom is 0.410 e. The van der Waals surface area contributed by atoms with Crippen LogP contribution in [0.3, 0.4) is 0 Å². The van der Waals surface area contributed by atoms with E-state index in [0.29, 0.717) is 18.1 Å². The summed E-state index contributed by atoms with van der Waals surface area (Å²) in [6.07, 6.45) is 6.15. The van der Waals surface area contributed by atoms with Crippen LogP contribution in [0.15, 0.2) is 0 Å². The molecule has 2 unspecified atom stereocenters. The van der Waals surface area contributed by atoms with E-state index in [2.05, 4.69) is 0 Å². The molecule has 0 spiro atoms. The average Bonchev–Trinajstić information content (AvgIpc) is 2.77. The average molecular weight is 337 g/mol. The molecule has 0 N–H and O–H groups in total. The zero-order valence-corrected chi connectivity index (χ0v) is 15.3. The Hall–Kier alpha value is -1.10. The highest BCUT2D eigenvalue weighted by Crippen LogP contribution is 2.40. The van der Waals surface area contributed by atoms with Gasteiger partial charge in [0.25, 0.3) is 0 Å². The number of ketones is 1. The third-order valence-electron chi connectivity index (χ3n) is 5.62. The van der Waals surface area contributed by atoms with E-state index in [4.69, 9.17) is 9.47 Å². The smallest absolute Gasteiger partial charge is 0.410 e. The summed E-state index contributed by atoms with van der Waals surface area (Å²) in [4.78, 5) is 27.1. The van der Waals surface area contributed by atoms with Crippen LogP contribution in [0.25, 0.3) is 0 Å². The first kappa shape index (κ1) is 17.7. The molecule has 3 rings (SSSR count). The predicted molar refractivity (Wildman–Crippen MR) is 90.8 cm³/mol. The molecule has 3 saturated heterocycles. The fraction of sp³-hybridized carbons (Fsp3) is 0.895. The molecule has 0 radical (unpaired) electrons. The van der Waals surface area contributed by atoms with Crippen LogP contribution in [-0.4, -0.2) is 47.7 Å². The lowest BCUT2D eigenvalue weighted by atomic mass is 9.82. The Morgan fingerprint density at radius 2 is 1.62 bits per heavy atom. The molecule has 5 nitrogen and oxygen atoms in total. The van der Waals surface area contributed by atoms with Gasteiger partial charge in [-0.25, -0.2) is 4.79 Å². The molecule has 1 amide bonds. The van der Waals surface area contributed by atoms with E-state index in [1.807, 2.05) is 25.7 Å². The number of ether oxygens (including phenoxy) is 2. The number of piperidine rings is 1. The summed E-state index contributed by atoms with van der Waals surface area (Å²) in [5.74, 6) is 1.03. The molecule has 2 bridgehead atoms. The van der Waals surface area contributed by atoms with Crippen molar-refractivity contribution < 1.29 is 19.1 Å². The molecule has 3 fully saturated rings. The molecule has 0 aromatic rings. The van der Waals surface area contributed by atoms with Gasteiger partial charge < -0.3 is 14.4 Å². The summed E-state index contributed by atoms with van der Waals surface area (Å²) in [6, 6.07) is 0.365. The molecule has 136 valence electrons. The Morgan fingerprint density at radius 3 is 2.17 bits per heavy atom. The first-order valence-corrected chi connectivity index (χ1v) is 9.45. The van der Waals surface area contributed by atoms with Crippen molar-refractivity contribution in [3.63, 3.8) is 0 Å². The SMILES string of the molecule is CC(C)(C)OC(=O)N1C2CCC1CC(C(=O)CC1CCOCC1)C2. The number of rotatable bonds is 3. The molecule has 3 aliphatic rings. The Morgan fingerprint density at radius 1 is 1.04 bits per heavy atom. The highest BCUT2D eigenvalue weighted by atomic mass is 16.6. The first-order valence-electron chi connectivity index (χ1n) is 9.45. The molecule has 3 heterocycles. The van der Waals surface area contributed by atoms with Gasteiger partial charge in [-0.15, -0.1) is 0 Å². The fourth-order valence-corrected chi connectivity index (χ4v) is 4.45. The van der Waals surface area contributed by atoms with Crippen LogP contribution in [0, 0.1) is 11.8 Å². The second-order valence-electron chi connectivity index (χ2n) is 8.67. The summed E-state index contributed by atoms with van der Waals surface area (Å²) >= 11 is 0. The van der Waals surface area contributed by atoms with Crippen LogP contribution >= 0.6 is 0 Å². The van der Waals surface area contributed by atoms with Crippen molar-refractivity contribution in [2.75, 3.05) is 13.2 Å². The van der Waals surface area contributed by atoms with Crippen molar-refractivity contribution in [2.24, 2.45) is 11.8 Å². The van der Waals surface area contributed by atoms with Gasteiger partial charge in [-0.3, -0.25) is 4.79 Å². The Balaban J connectivity index is 1.56. The Labute approximate surface area is 145 Å². The van der Waals surface area contributed by atoms with Gasteiger partial charge in [-0.05, 0) is 65.2 Å². The van der Waals surface area contributed by atoms with Crippen molar-refractivity contribution in [3.8, 4) is 0 Å². The van der Waals surface area contributed by atoms with E-state index in [-0.39, 0.29) is 24.1 Å². The molecule has 0 aromatic heterocycles. The van der Waals surface area contributed by atoms with E-state index < -0.39 is 5.60 Å². The second kappa shape index (κ2) is 7.03. The van der Waals surface area contributed by atoms with Gasteiger partial charge in [0.2, 0.25) is 0 Å². The quantitative estimate of drug-likeness (QED) is 0.790. The van der Waals surface area contributed by atoms with Gasteiger partial charge in [0.05, 0.1) is 0 Å². The maximum atomic E-state index is 12.7. The minimum atomic E-state index is -0.466. The van der Waals surface area contributed by atoms with Gasteiger partial charge in [0.1, 0.15) is 11.4 Å². The Kier molecular flexibility index (Phi) is 5.19. The highest BCUT2D eigenvalue weighted by Gasteiger charge is 2.46. The van der Waals surface area contributed by atoms with E-state index in [0.717, 1.165) is 51.7 Å². The largest absolute Gasteiger partial charge is 0.444 e. The lowest BCUT2D eigenvalue weighted by Crippen LogP contribution is -2.49. The lowest BCUT2D eigenvalue weighted by molar-refractivity contribution is -0.126. The summed E-state index contributed by atoms with van der Waals surface area (Å²) < 4.78 is 10.9. The third kappa shape index (κ3) is 4.11. The summed E-state index contributed by atoms with van der Waals surface area (Å²) in [7, 11) is 0.